The Morgan fingerprint density at radius 1 is 1.46 bits per heavy atom. The summed E-state index contributed by atoms with van der Waals surface area (Å²) in [6.07, 6.45) is 2.05. The third kappa shape index (κ3) is 1.69. The molecule has 1 aromatic carbocycles. The fourth-order valence-electron chi connectivity index (χ4n) is 1.29. The van der Waals surface area contributed by atoms with Crippen molar-refractivity contribution in [3.05, 3.63) is 35.0 Å². The molecule has 0 aliphatic rings. The Kier molecular flexibility index (Phi) is 2.51. The predicted octanol–water partition coefficient (Wildman–Crippen LogP) is 3.95. The summed E-state index contributed by atoms with van der Waals surface area (Å²) in [5.74, 6) is 1.88. The average Bonchev–Trinajstić information content (AvgIpc) is 2.49. The Bertz CT molecular complexity index is 422. The first-order chi connectivity index (χ1) is 6.31. The van der Waals surface area contributed by atoms with Crippen molar-refractivity contribution < 1.29 is 4.42 Å². The molecule has 0 saturated heterocycles. The van der Waals surface area contributed by atoms with Crippen LogP contribution in [0.1, 0.15) is 5.76 Å². The molecule has 0 fully saturated rings. The zero-order chi connectivity index (χ0) is 9.26. The van der Waals surface area contributed by atoms with Gasteiger partial charge in [-0.3, -0.25) is 0 Å². The van der Waals surface area contributed by atoms with Crippen LogP contribution in [0.25, 0.3) is 11.0 Å². The topological polar surface area (TPSA) is 13.1 Å². The van der Waals surface area contributed by atoms with Crippen LogP contribution >= 0.6 is 23.4 Å². The van der Waals surface area contributed by atoms with E-state index in [1.165, 1.54) is 0 Å². The lowest BCUT2D eigenvalue weighted by atomic mass is 10.2. The van der Waals surface area contributed by atoms with Crippen molar-refractivity contribution in [3.8, 4) is 0 Å². The van der Waals surface area contributed by atoms with E-state index in [-0.39, 0.29) is 0 Å². The summed E-state index contributed by atoms with van der Waals surface area (Å²) in [5, 5.41) is 1.77. The molecule has 0 N–H and O–H groups in total. The molecule has 0 bridgehead atoms. The SMILES string of the molecule is CSCc1cc2c(Cl)cccc2o1. The van der Waals surface area contributed by atoms with E-state index in [2.05, 4.69) is 6.26 Å². The Morgan fingerprint density at radius 2 is 2.31 bits per heavy atom. The fraction of sp³-hybridized carbons (Fsp3) is 0.200. The zero-order valence-corrected chi connectivity index (χ0v) is 8.78. The van der Waals surface area contributed by atoms with Crippen LogP contribution in [0.4, 0.5) is 0 Å². The van der Waals surface area contributed by atoms with Gasteiger partial charge in [0.2, 0.25) is 0 Å². The van der Waals surface area contributed by atoms with Crippen LogP contribution in [0.3, 0.4) is 0 Å². The first-order valence-electron chi connectivity index (χ1n) is 3.97. The number of fused-ring (bicyclic) bond motifs is 1. The maximum atomic E-state index is 6.00. The van der Waals surface area contributed by atoms with E-state index < -0.39 is 0 Å². The minimum Gasteiger partial charge on any atom is -0.460 e. The Labute approximate surface area is 86.1 Å². The molecule has 68 valence electrons. The summed E-state index contributed by atoms with van der Waals surface area (Å²) in [6.45, 7) is 0. The van der Waals surface area contributed by atoms with E-state index in [9.17, 15) is 0 Å². The highest BCUT2D eigenvalue weighted by molar-refractivity contribution is 7.97. The molecule has 2 aromatic rings. The Morgan fingerprint density at radius 3 is 3.00 bits per heavy atom. The summed E-state index contributed by atoms with van der Waals surface area (Å²) in [6, 6.07) is 7.72. The summed E-state index contributed by atoms with van der Waals surface area (Å²) < 4.78 is 5.58. The van der Waals surface area contributed by atoms with Crippen molar-refractivity contribution in [3.63, 3.8) is 0 Å². The predicted molar refractivity (Wildman–Crippen MR) is 58.4 cm³/mol. The van der Waals surface area contributed by atoms with Gasteiger partial charge in [-0.1, -0.05) is 17.7 Å². The molecule has 1 aromatic heterocycles. The fourth-order valence-corrected chi connectivity index (χ4v) is 1.94. The van der Waals surface area contributed by atoms with E-state index in [0.717, 1.165) is 27.5 Å². The van der Waals surface area contributed by atoms with Gasteiger partial charge in [0.1, 0.15) is 11.3 Å². The number of hydrogen-bond donors (Lipinski definition) is 0. The number of furan rings is 1. The molecular weight excluding hydrogens is 204 g/mol. The summed E-state index contributed by atoms with van der Waals surface area (Å²) in [7, 11) is 0. The second-order valence-electron chi connectivity index (χ2n) is 2.80. The first-order valence-corrected chi connectivity index (χ1v) is 5.74. The minimum atomic E-state index is 0.758. The largest absolute Gasteiger partial charge is 0.460 e. The lowest BCUT2D eigenvalue weighted by molar-refractivity contribution is 0.574. The van der Waals surface area contributed by atoms with E-state index in [4.69, 9.17) is 16.0 Å². The van der Waals surface area contributed by atoms with E-state index in [1.54, 1.807) is 11.8 Å². The molecule has 0 saturated carbocycles. The van der Waals surface area contributed by atoms with Gasteiger partial charge in [0.05, 0.1) is 10.8 Å². The standard InChI is InChI=1S/C10H9ClOS/c1-13-6-7-5-8-9(11)3-2-4-10(8)12-7/h2-5H,6H2,1H3. The maximum Gasteiger partial charge on any atom is 0.135 e. The summed E-state index contributed by atoms with van der Waals surface area (Å²) >= 11 is 7.74. The van der Waals surface area contributed by atoms with Gasteiger partial charge in [-0.25, -0.2) is 0 Å². The van der Waals surface area contributed by atoms with Crippen molar-refractivity contribution in [2.45, 2.75) is 5.75 Å². The molecule has 0 spiro atoms. The van der Waals surface area contributed by atoms with Crippen molar-refractivity contribution >= 4 is 34.3 Å². The number of benzene rings is 1. The van der Waals surface area contributed by atoms with Gasteiger partial charge in [-0.2, -0.15) is 11.8 Å². The van der Waals surface area contributed by atoms with Crippen molar-refractivity contribution in [1.82, 2.24) is 0 Å². The Hall–Kier alpha value is -0.600. The van der Waals surface area contributed by atoms with Crippen molar-refractivity contribution in [2.24, 2.45) is 0 Å². The summed E-state index contributed by atoms with van der Waals surface area (Å²) in [5.41, 5.74) is 0.872. The van der Waals surface area contributed by atoms with Gasteiger partial charge in [0.25, 0.3) is 0 Å². The van der Waals surface area contributed by atoms with Crippen LogP contribution in [0, 0.1) is 0 Å². The molecule has 2 rings (SSSR count). The second kappa shape index (κ2) is 3.64. The second-order valence-corrected chi connectivity index (χ2v) is 4.07. The zero-order valence-electron chi connectivity index (χ0n) is 7.21. The lowest BCUT2D eigenvalue weighted by Gasteiger charge is -1.88. The van der Waals surface area contributed by atoms with Gasteiger partial charge in [-0.05, 0) is 24.5 Å². The molecule has 0 aliphatic carbocycles. The number of thioether (sulfide) groups is 1. The van der Waals surface area contributed by atoms with Gasteiger partial charge in [0, 0.05) is 5.39 Å². The van der Waals surface area contributed by atoms with Crippen molar-refractivity contribution in [2.75, 3.05) is 6.26 Å². The lowest BCUT2D eigenvalue weighted by Crippen LogP contribution is -1.69. The van der Waals surface area contributed by atoms with Crippen LogP contribution < -0.4 is 0 Å². The molecule has 0 radical (unpaired) electrons. The molecule has 1 nitrogen and oxygen atoms in total. The Balaban J connectivity index is 2.55. The van der Waals surface area contributed by atoms with E-state index >= 15 is 0 Å². The first kappa shape index (κ1) is 8.97. The van der Waals surface area contributed by atoms with Crippen LogP contribution in [0.15, 0.2) is 28.7 Å². The molecule has 0 atom stereocenters. The quantitative estimate of drug-likeness (QED) is 0.748. The van der Waals surface area contributed by atoms with E-state index in [0.29, 0.717) is 0 Å². The molecule has 13 heavy (non-hydrogen) atoms. The highest BCUT2D eigenvalue weighted by Crippen LogP contribution is 2.27. The molecular formula is C10H9ClOS. The normalized spacial score (nSPS) is 10.9. The van der Waals surface area contributed by atoms with E-state index in [1.807, 2.05) is 24.3 Å². The third-order valence-electron chi connectivity index (χ3n) is 1.85. The van der Waals surface area contributed by atoms with Gasteiger partial charge in [0.15, 0.2) is 0 Å². The maximum absolute atomic E-state index is 6.00. The van der Waals surface area contributed by atoms with Crippen LogP contribution in [-0.4, -0.2) is 6.26 Å². The van der Waals surface area contributed by atoms with Gasteiger partial charge < -0.3 is 4.42 Å². The monoisotopic (exact) mass is 212 g/mol. The third-order valence-corrected chi connectivity index (χ3v) is 2.75. The van der Waals surface area contributed by atoms with Crippen LogP contribution in [0.2, 0.25) is 5.02 Å². The minimum absolute atomic E-state index is 0.758. The van der Waals surface area contributed by atoms with Crippen molar-refractivity contribution in [1.29, 1.82) is 0 Å². The smallest absolute Gasteiger partial charge is 0.135 e. The molecule has 3 heteroatoms. The number of hydrogen-bond acceptors (Lipinski definition) is 2. The average molecular weight is 213 g/mol. The highest BCUT2D eigenvalue weighted by atomic mass is 35.5. The number of rotatable bonds is 2. The number of halogens is 1. The van der Waals surface area contributed by atoms with Crippen LogP contribution in [-0.2, 0) is 5.75 Å². The molecule has 0 unspecified atom stereocenters. The molecule has 0 aliphatic heterocycles. The van der Waals surface area contributed by atoms with Gasteiger partial charge in [-0.15, -0.1) is 0 Å². The van der Waals surface area contributed by atoms with Gasteiger partial charge >= 0.3 is 0 Å². The molecule has 0 amide bonds. The summed E-state index contributed by atoms with van der Waals surface area (Å²) in [4.78, 5) is 0. The highest BCUT2D eigenvalue weighted by Gasteiger charge is 2.05. The van der Waals surface area contributed by atoms with Crippen LogP contribution in [0.5, 0.6) is 0 Å². The molecule has 1 heterocycles.